The maximum Gasteiger partial charge on any atom is 0.410 e. The van der Waals surface area contributed by atoms with Crippen LogP contribution in [0.2, 0.25) is 0 Å². The molecule has 1 N–H and O–H groups in total. The van der Waals surface area contributed by atoms with E-state index in [2.05, 4.69) is 27.5 Å². The van der Waals surface area contributed by atoms with Crippen molar-refractivity contribution in [2.45, 2.75) is 61.6 Å². The molecule has 1 aliphatic heterocycles. The van der Waals surface area contributed by atoms with Crippen LogP contribution in [0.1, 0.15) is 50.4 Å². The Morgan fingerprint density at radius 1 is 1.10 bits per heavy atom. The van der Waals surface area contributed by atoms with Crippen LogP contribution in [-0.4, -0.2) is 50.3 Å². The van der Waals surface area contributed by atoms with E-state index in [0.717, 1.165) is 39.5 Å². The van der Waals surface area contributed by atoms with Crippen LogP contribution in [-0.2, 0) is 11.3 Å². The summed E-state index contributed by atoms with van der Waals surface area (Å²) in [4.78, 5) is 20.6. The largest absolute Gasteiger partial charge is 0.444 e. The normalized spacial score (nSPS) is 15.3. The summed E-state index contributed by atoms with van der Waals surface area (Å²) in [5.41, 5.74) is 3.95. The molecule has 0 bridgehead atoms. The van der Waals surface area contributed by atoms with Crippen LogP contribution in [0.3, 0.4) is 0 Å². The number of hydrogen-bond donors (Lipinski definition) is 1. The van der Waals surface area contributed by atoms with Gasteiger partial charge >= 0.3 is 6.09 Å². The lowest BCUT2D eigenvalue weighted by molar-refractivity contribution is 0.0187. The van der Waals surface area contributed by atoms with Crippen molar-refractivity contribution >= 4 is 23.4 Å². The summed E-state index contributed by atoms with van der Waals surface area (Å²) >= 11 is 1.44. The Hall–Kier alpha value is -4.38. The molecule has 1 unspecified atom stereocenters. The molecular formula is C31H31N7O2S. The Morgan fingerprint density at radius 2 is 1.90 bits per heavy atom. The number of fused-ring (bicyclic) bond motifs is 1. The molecule has 9 nitrogen and oxygen atoms in total. The van der Waals surface area contributed by atoms with Crippen molar-refractivity contribution in [2.24, 2.45) is 0 Å². The second-order valence-corrected chi connectivity index (χ2v) is 12.0. The van der Waals surface area contributed by atoms with Crippen molar-refractivity contribution < 1.29 is 9.53 Å². The maximum atomic E-state index is 12.5. The summed E-state index contributed by atoms with van der Waals surface area (Å²) in [5, 5.41) is 27.2. The second-order valence-electron chi connectivity index (χ2n) is 11.0. The monoisotopic (exact) mass is 565 g/mol. The Morgan fingerprint density at radius 3 is 2.63 bits per heavy atom. The summed E-state index contributed by atoms with van der Waals surface area (Å²) in [5.74, 6) is 0. The molecule has 0 spiro atoms. The number of carbonyl (C=O) groups is 1. The molecule has 1 aromatic carbocycles. The van der Waals surface area contributed by atoms with E-state index in [1.807, 2.05) is 69.6 Å². The number of piperidine rings is 1. The maximum absolute atomic E-state index is 12.5. The van der Waals surface area contributed by atoms with E-state index >= 15 is 0 Å². The summed E-state index contributed by atoms with van der Waals surface area (Å²) in [7, 11) is 0. The summed E-state index contributed by atoms with van der Waals surface area (Å²) < 4.78 is 7.25. The predicted octanol–water partition coefficient (Wildman–Crippen LogP) is 5.78. The van der Waals surface area contributed by atoms with Gasteiger partial charge in [-0.05, 0) is 57.9 Å². The molecule has 1 aliphatic rings. The fraction of sp³-hybridized carbons (Fsp3) is 0.323. The lowest BCUT2D eigenvalue weighted by Gasteiger charge is -2.34. The quantitative estimate of drug-likeness (QED) is 0.312. The van der Waals surface area contributed by atoms with E-state index < -0.39 is 5.60 Å². The second kappa shape index (κ2) is 12.0. The van der Waals surface area contributed by atoms with E-state index in [0.29, 0.717) is 36.3 Å². The van der Waals surface area contributed by atoms with Gasteiger partial charge in [0.15, 0.2) is 0 Å². The van der Waals surface area contributed by atoms with Gasteiger partial charge in [-0.25, -0.2) is 9.31 Å². The first-order chi connectivity index (χ1) is 19.7. The number of aromatic nitrogens is 3. The van der Waals surface area contributed by atoms with Gasteiger partial charge in [-0.1, -0.05) is 30.0 Å². The van der Waals surface area contributed by atoms with Crippen LogP contribution in [0.5, 0.6) is 0 Å². The Labute approximate surface area is 243 Å². The van der Waals surface area contributed by atoms with Crippen molar-refractivity contribution in [3.05, 3.63) is 77.9 Å². The number of benzene rings is 1. The molecule has 0 aliphatic carbocycles. The minimum atomic E-state index is -0.510. The zero-order valence-electron chi connectivity index (χ0n) is 23.3. The molecule has 1 amide bonds. The first kappa shape index (κ1) is 28.2. The molecule has 0 radical (unpaired) electrons. The molecule has 10 heteroatoms. The lowest BCUT2D eigenvalue weighted by Crippen LogP contribution is -2.49. The fourth-order valence-electron chi connectivity index (χ4n) is 4.75. The molecule has 0 saturated carbocycles. The number of nitrogens with zero attached hydrogens (tertiary/aromatic N) is 6. The van der Waals surface area contributed by atoms with E-state index in [1.165, 1.54) is 11.8 Å². The smallest absolute Gasteiger partial charge is 0.410 e. The third-order valence-electron chi connectivity index (χ3n) is 6.73. The molecule has 41 heavy (non-hydrogen) atoms. The molecule has 1 saturated heterocycles. The van der Waals surface area contributed by atoms with Gasteiger partial charge < -0.3 is 15.0 Å². The minimum absolute atomic E-state index is 0.171. The van der Waals surface area contributed by atoms with Gasteiger partial charge in [-0.2, -0.15) is 15.6 Å². The van der Waals surface area contributed by atoms with Crippen molar-refractivity contribution in [3.63, 3.8) is 0 Å². The highest BCUT2D eigenvalue weighted by molar-refractivity contribution is 7.99. The van der Waals surface area contributed by atoms with Crippen molar-refractivity contribution in [3.8, 4) is 23.3 Å². The van der Waals surface area contributed by atoms with Gasteiger partial charge in [0.1, 0.15) is 17.7 Å². The van der Waals surface area contributed by atoms with Gasteiger partial charge in [-0.15, -0.1) is 0 Å². The number of nitriles is 2. The average Bonchev–Trinajstić information content (AvgIpc) is 3.39. The standard InChI is InChI=1S/C31H31N7O2S/c1-31(2,3)40-30(39)37-12-6-8-26(20-37)35-18-25-11-10-22(16-34-25)23-13-28(29-24(15-33)17-36-38(29)19-23)41-27-9-5-4-7-21(27)14-32/h4-5,7,9-11,13,16-17,19,26,35H,6,8,12,18,20H2,1-3H3. The zero-order chi connectivity index (χ0) is 29.0. The number of pyridine rings is 2. The average molecular weight is 566 g/mol. The number of rotatable bonds is 6. The molecule has 4 heterocycles. The Balaban J connectivity index is 1.31. The zero-order valence-corrected chi connectivity index (χ0v) is 24.1. The number of carbonyl (C=O) groups excluding carboxylic acids is 1. The van der Waals surface area contributed by atoms with Crippen molar-refractivity contribution in [2.75, 3.05) is 13.1 Å². The summed E-state index contributed by atoms with van der Waals surface area (Å²) in [6.45, 7) is 7.54. The number of amides is 1. The van der Waals surface area contributed by atoms with E-state index in [-0.39, 0.29) is 12.1 Å². The lowest BCUT2D eigenvalue weighted by atomic mass is 10.1. The van der Waals surface area contributed by atoms with Gasteiger partial charge in [0.05, 0.1) is 28.5 Å². The van der Waals surface area contributed by atoms with Gasteiger partial charge in [-0.3, -0.25) is 4.98 Å². The number of hydrogen-bond acceptors (Lipinski definition) is 8. The fourth-order valence-corrected chi connectivity index (χ4v) is 5.85. The molecule has 4 aromatic rings. The van der Waals surface area contributed by atoms with Crippen LogP contribution in [0, 0.1) is 22.7 Å². The van der Waals surface area contributed by atoms with Crippen LogP contribution >= 0.6 is 11.8 Å². The topological polar surface area (TPSA) is 119 Å². The Kier molecular flexibility index (Phi) is 8.25. The van der Waals surface area contributed by atoms with E-state index in [1.54, 1.807) is 21.7 Å². The van der Waals surface area contributed by atoms with E-state index in [4.69, 9.17) is 4.74 Å². The highest BCUT2D eigenvalue weighted by atomic mass is 32.2. The van der Waals surface area contributed by atoms with E-state index in [9.17, 15) is 15.3 Å². The molecular weight excluding hydrogens is 534 g/mol. The van der Waals surface area contributed by atoms with Gasteiger partial charge in [0.2, 0.25) is 0 Å². The summed E-state index contributed by atoms with van der Waals surface area (Å²) in [6, 6.07) is 18.1. The third kappa shape index (κ3) is 6.68. The molecule has 5 rings (SSSR count). The van der Waals surface area contributed by atoms with Crippen LogP contribution < -0.4 is 5.32 Å². The van der Waals surface area contributed by atoms with Crippen LogP contribution in [0.4, 0.5) is 4.79 Å². The highest BCUT2D eigenvalue weighted by Crippen LogP contribution is 2.37. The van der Waals surface area contributed by atoms with Crippen LogP contribution in [0.25, 0.3) is 16.6 Å². The first-order valence-electron chi connectivity index (χ1n) is 13.5. The Bertz CT molecular complexity index is 1640. The van der Waals surface area contributed by atoms with Crippen LogP contribution in [0.15, 0.2) is 70.8 Å². The first-order valence-corrected chi connectivity index (χ1v) is 14.3. The summed E-state index contributed by atoms with van der Waals surface area (Å²) in [6.07, 6.45) is 6.92. The predicted molar refractivity (Wildman–Crippen MR) is 156 cm³/mol. The van der Waals surface area contributed by atoms with Crippen molar-refractivity contribution in [1.29, 1.82) is 10.5 Å². The highest BCUT2D eigenvalue weighted by Gasteiger charge is 2.27. The van der Waals surface area contributed by atoms with Gasteiger partial charge in [0.25, 0.3) is 0 Å². The number of likely N-dealkylation sites (tertiary alicyclic amines) is 1. The minimum Gasteiger partial charge on any atom is -0.444 e. The third-order valence-corrected chi connectivity index (χ3v) is 7.83. The van der Waals surface area contributed by atoms with Crippen molar-refractivity contribution in [1.82, 2.24) is 24.8 Å². The molecule has 1 atom stereocenters. The molecule has 208 valence electrons. The molecule has 3 aromatic heterocycles. The molecule has 1 fully saturated rings. The SMILES string of the molecule is CC(C)(C)OC(=O)N1CCCC(NCc2ccc(-c3cc(Sc4ccccc4C#N)c4c(C#N)cnn4c3)cn2)C1. The number of ether oxygens (including phenoxy) is 1. The van der Waals surface area contributed by atoms with Gasteiger partial charge in [0, 0.05) is 59.0 Å². The number of nitrogens with one attached hydrogen (secondary N) is 1.